The van der Waals surface area contributed by atoms with Crippen molar-refractivity contribution >= 4 is 22.3 Å². The zero-order valence-electron chi connectivity index (χ0n) is 15.9. The van der Waals surface area contributed by atoms with Gasteiger partial charge in [0, 0.05) is 22.2 Å². The lowest BCUT2D eigenvalue weighted by Crippen LogP contribution is -2.18. The molecule has 30 heavy (non-hydrogen) atoms. The van der Waals surface area contributed by atoms with E-state index >= 15 is 0 Å². The van der Waals surface area contributed by atoms with Gasteiger partial charge in [-0.15, -0.1) is 11.3 Å². The standard InChI is InChI=1S/C22H17FN2O4S/c23-14-7-5-13(6-8-14)17-9-10-18(29-17)21(27)28-12-15-11-20(26)25-16-3-1-2-4-19(16)30-22(25)24-15/h5-11H,1-4,12H2. The maximum Gasteiger partial charge on any atom is 0.374 e. The first-order valence-electron chi connectivity index (χ1n) is 9.64. The molecule has 4 aromatic rings. The molecular formula is C22H17FN2O4S. The molecule has 1 aliphatic carbocycles. The lowest BCUT2D eigenvalue weighted by Gasteiger charge is -2.10. The minimum Gasteiger partial charge on any atom is -0.453 e. The molecule has 152 valence electrons. The van der Waals surface area contributed by atoms with Crippen molar-refractivity contribution in [2.45, 2.75) is 32.3 Å². The number of carbonyl (C=O) groups is 1. The quantitative estimate of drug-likeness (QED) is 0.454. The van der Waals surface area contributed by atoms with Crippen molar-refractivity contribution in [1.82, 2.24) is 9.38 Å². The van der Waals surface area contributed by atoms with Crippen molar-refractivity contribution in [2.75, 3.05) is 0 Å². The fourth-order valence-electron chi connectivity index (χ4n) is 3.64. The Hall–Kier alpha value is -3.26. The molecule has 0 spiro atoms. The van der Waals surface area contributed by atoms with Crippen LogP contribution in [0, 0.1) is 5.82 Å². The number of hydrogen-bond acceptors (Lipinski definition) is 6. The van der Waals surface area contributed by atoms with Gasteiger partial charge in [-0.05, 0) is 62.1 Å². The van der Waals surface area contributed by atoms with Crippen LogP contribution < -0.4 is 5.56 Å². The minimum absolute atomic E-state index is 0.0266. The highest BCUT2D eigenvalue weighted by atomic mass is 32.1. The number of furan rings is 1. The van der Waals surface area contributed by atoms with Crippen LogP contribution in [0.3, 0.4) is 0 Å². The highest BCUT2D eigenvalue weighted by Crippen LogP contribution is 2.28. The van der Waals surface area contributed by atoms with Gasteiger partial charge in [0.25, 0.3) is 5.56 Å². The van der Waals surface area contributed by atoms with E-state index in [2.05, 4.69) is 4.98 Å². The SMILES string of the molecule is O=C(OCc1cc(=O)n2c3c(sc2n1)CCCC3)c1ccc(-c2ccc(F)cc2)o1. The molecule has 8 heteroatoms. The molecule has 3 aromatic heterocycles. The van der Waals surface area contributed by atoms with Crippen LogP contribution in [-0.4, -0.2) is 15.4 Å². The number of thiazole rings is 1. The fraction of sp³-hybridized carbons (Fsp3) is 0.227. The molecule has 0 amide bonds. The first-order chi connectivity index (χ1) is 14.6. The minimum atomic E-state index is -0.657. The molecule has 1 aliphatic rings. The summed E-state index contributed by atoms with van der Waals surface area (Å²) in [5.74, 6) is -0.546. The summed E-state index contributed by atoms with van der Waals surface area (Å²) in [7, 11) is 0. The summed E-state index contributed by atoms with van der Waals surface area (Å²) in [4.78, 5) is 31.3. The van der Waals surface area contributed by atoms with Crippen molar-refractivity contribution < 1.29 is 18.3 Å². The third-order valence-electron chi connectivity index (χ3n) is 5.10. The van der Waals surface area contributed by atoms with Gasteiger partial charge in [0.05, 0.1) is 5.69 Å². The molecule has 3 heterocycles. The van der Waals surface area contributed by atoms with E-state index in [1.54, 1.807) is 22.6 Å². The molecule has 1 aromatic carbocycles. The number of esters is 1. The van der Waals surface area contributed by atoms with Crippen LogP contribution in [0.5, 0.6) is 0 Å². The second-order valence-corrected chi connectivity index (χ2v) is 8.19. The van der Waals surface area contributed by atoms with E-state index in [0.29, 0.717) is 22.0 Å². The molecular weight excluding hydrogens is 407 g/mol. The number of benzene rings is 1. The molecule has 0 saturated heterocycles. The van der Waals surface area contributed by atoms with Gasteiger partial charge in [-0.3, -0.25) is 9.20 Å². The third kappa shape index (κ3) is 3.43. The molecule has 0 fully saturated rings. The number of aromatic nitrogens is 2. The van der Waals surface area contributed by atoms with E-state index in [-0.39, 0.29) is 23.7 Å². The van der Waals surface area contributed by atoms with E-state index < -0.39 is 5.97 Å². The van der Waals surface area contributed by atoms with Crippen molar-refractivity contribution in [2.24, 2.45) is 0 Å². The second kappa shape index (κ2) is 7.53. The summed E-state index contributed by atoms with van der Waals surface area (Å²) in [6.45, 7) is -0.125. The predicted molar refractivity (Wildman–Crippen MR) is 109 cm³/mol. The summed E-state index contributed by atoms with van der Waals surface area (Å²) >= 11 is 1.53. The van der Waals surface area contributed by atoms with Crippen LogP contribution in [0.4, 0.5) is 4.39 Å². The Labute approximate surface area is 174 Å². The smallest absolute Gasteiger partial charge is 0.374 e. The topological polar surface area (TPSA) is 73.8 Å². The first-order valence-corrected chi connectivity index (χ1v) is 10.5. The number of halogens is 1. The summed E-state index contributed by atoms with van der Waals surface area (Å²) in [5, 5.41) is 0. The number of nitrogens with zero attached hydrogens (tertiary/aromatic N) is 2. The summed E-state index contributed by atoms with van der Waals surface area (Å²) < 4.78 is 25.5. The number of carbonyl (C=O) groups excluding carboxylic acids is 1. The Morgan fingerprint density at radius 2 is 1.97 bits per heavy atom. The van der Waals surface area contributed by atoms with Crippen molar-refractivity contribution in [3.05, 3.63) is 80.7 Å². The number of rotatable bonds is 4. The van der Waals surface area contributed by atoms with Crippen molar-refractivity contribution in [1.29, 1.82) is 0 Å². The lowest BCUT2D eigenvalue weighted by atomic mass is 10.0. The predicted octanol–water partition coefficient (Wildman–Crippen LogP) is 4.39. The average Bonchev–Trinajstić information content (AvgIpc) is 3.37. The average molecular weight is 424 g/mol. The normalized spacial score (nSPS) is 13.4. The molecule has 0 aliphatic heterocycles. The zero-order valence-corrected chi connectivity index (χ0v) is 16.7. The summed E-state index contributed by atoms with van der Waals surface area (Å²) in [6, 6.07) is 10.3. The monoisotopic (exact) mass is 424 g/mol. The maximum atomic E-state index is 13.1. The van der Waals surface area contributed by atoms with Crippen LogP contribution in [-0.2, 0) is 24.2 Å². The Kier molecular flexibility index (Phi) is 4.71. The van der Waals surface area contributed by atoms with Gasteiger partial charge in [-0.1, -0.05) is 0 Å². The third-order valence-corrected chi connectivity index (χ3v) is 6.24. The highest BCUT2D eigenvalue weighted by molar-refractivity contribution is 7.17. The lowest BCUT2D eigenvalue weighted by molar-refractivity contribution is 0.0432. The largest absolute Gasteiger partial charge is 0.453 e. The van der Waals surface area contributed by atoms with Crippen LogP contribution in [0.1, 0.15) is 39.7 Å². The zero-order chi connectivity index (χ0) is 20.7. The van der Waals surface area contributed by atoms with Gasteiger partial charge < -0.3 is 9.15 Å². The molecule has 0 bridgehead atoms. The Bertz CT molecular complexity index is 1300. The Morgan fingerprint density at radius 3 is 2.80 bits per heavy atom. The van der Waals surface area contributed by atoms with Crippen LogP contribution in [0.25, 0.3) is 16.3 Å². The number of hydrogen-bond donors (Lipinski definition) is 0. The van der Waals surface area contributed by atoms with E-state index in [1.165, 1.54) is 40.5 Å². The van der Waals surface area contributed by atoms with E-state index in [9.17, 15) is 14.0 Å². The van der Waals surface area contributed by atoms with Gasteiger partial charge in [0.15, 0.2) is 4.96 Å². The maximum absolute atomic E-state index is 13.1. The van der Waals surface area contributed by atoms with Crippen LogP contribution >= 0.6 is 11.3 Å². The molecule has 6 nitrogen and oxygen atoms in total. The summed E-state index contributed by atoms with van der Waals surface area (Å²) in [5.41, 5.74) is 1.96. The Morgan fingerprint density at radius 1 is 1.17 bits per heavy atom. The number of fused-ring (bicyclic) bond motifs is 3. The van der Waals surface area contributed by atoms with Gasteiger partial charge >= 0.3 is 5.97 Å². The molecule has 0 radical (unpaired) electrons. The molecule has 0 N–H and O–H groups in total. The van der Waals surface area contributed by atoms with Crippen molar-refractivity contribution in [3.8, 4) is 11.3 Å². The van der Waals surface area contributed by atoms with Crippen LogP contribution in [0.2, 0.25) is 0 Å². The van der Waals surface area contributed by atoms with E-state index in [1.807, 2.05) is 0 Å². The molecule has 5 rings (SSSR count). The first kappa shape index (κ1) is 18.7. The molecule has 0 unspecified atom stereocenters. The number of ether oxygens (including phenoxy) is 1. The van der Waals surface area contributed by atoms with Crippen LogP contribution in [0.15, 0.2) is 51.7 Å². The molecule has 0 saturated carbocycles. The fourth-order valence-corrected chi connectivity index (χ4v) is 4.88. The van der Waals surface area contributed by atoms with Gasteiger partial charge in [-0.25, -0.2) is 14.2 Å². The van der Waals surface area contributed by atoms with E-state index in [0.717, 1.165) is 31.4 Å². The van der Waals surface area contributed by atoms with Crippen molar-refractivity contribution in [3.63, 3.8) is 0 Å². The van der Waals surface area contributed by atoms with Gasteiger partial charge in [0.1, 0.15) is 18.2 Å². The summed E-state index contributed by atoms with van der Waals surface area (Å²) in [6.07, 6.45) is 4.07. The molecule has 0 atom stereocenters. The highest BCUT2D eigenvalue weighted by Gasteiger charge is 2.19. The van der Waals surface area contributed by atoms with Gasteiger partial charge in [0.2, 0.25) is 5.76 Å². The van der Waals surface area contributed by atoms with E-state index in [4.69, 9.17) is 9.15 Å². The Balaban J connectivity index is 1.32. The number of aryl methyl sites for hydroxylation is 2. The van der Waals surface area contributed by atoms with Gasteiger partial charge in [-0.2, -0.15) is 0 Å². The second-order valence-electron chi connectivity index (χ2n) is 7.13.